The highest BCUT2D eigenvalue weighted by atomic mass is 79.9. The fourth-order valence-electron chi connectivity index (χ4n) is 1.35. The molecular weight excluding hydrogens is 282 g/mol. The van der Waals surface area contributed by atoms with Gasteiger partial charge in [0.25, 0.3) is 5.91 Å². The molecular formula is C12H10BrN3O. The lowest BCUT2D eigenvalue weighted by Gasteiger charge is -2.13. The third kappa shape index (κ3) is 3.10. The molecule has 0 aromatic carbocycles. The van der Waals surface area contributed by atoms with Gasteiger partial charge in [0.1, 0.15) is 0 Å². The maximum Gasteiger partial charge on any atom is 0.265 e. The molecule has 0 aliphatic carbocycles. The minimum atomic E-state index is -0.123. The van der Waals surface area contributed by atoms with Gasteiger partial charge in [-0.05, 0) is 23.8 Å². The van der Waals surface area contributed by atoms with Crippen LogP contribution in [0.1, 0.15) is 15.9 Å². The molecule has 2 heterocycles. The lowest BCUT2D eigenvalue weighted by molar-refractivity contribution is 0.0873. The van der Waals surface area contributed by atoms with Crippen LogP contribution < -0.4 is 0 Å². The molecule has 2 aromatic heterocycles. The zero-order valence-corrected chi connectivity index (χ0v) is 10.5. The number of nitrogens with zero attached hydrogens (tertiary/aromatic N) is 3. The Hall–Kier alpha value is -1.75. The van der Waals surface area contributed by atoms with E-state index in [1.165, 1.54) is 3.93 Å². The lowest BCUT2D eigenvalue weighted by Crippen LogP contribution is -2.20. The summed E-state index contributed by atoms with van der Waals surface area (Å²) in [6, 6.07) is 7.22. The highest BCUT2D eigenvalue weighted by molar-refractivity contribution is 9.07. The minimum absolute atomic E-state index is 0.123. The van der Waals surface area contributed by atoms with Crippen LogP contribution in [0.5, 0.6) is 0 Å². The first-order valence-corrected chi connectivity index (χ1v) is 5.75. The van der Waals surface area contributed by atoms with Crippen molar-refractivity contribution in [2.45, 2.75) is 6.54 Å². The predicted octanol–water partition coefficient (Wildman–Crippen LogP) is 2.43. The van der Waals surface area contributed by atoms with Gasteiger partial charge >= 0.3 is 0 Å². The molecule has 0 saturated heterocycles. The molecule has 0 spiro atoms. The molecule has 5 heteroatoms. The van der Waals surface area contributed by atoms with Crippen LogP contribution in [0.4, 0.5) is 0 Å². The fourth-order valence-corrected chi connectivity index (χ4v) is 1.85. The van der Waals surface area contributed by atoms with E-state index in [0.717, 1.165) is 5.56 Å². The van der Waals surface area contributed by atoms with Crippen LogP contribution in [0, 0.1) is 0 Å². The monoisotopic (exact) mass is 291 g/mol. The van der Waals surface area contributed by atoms with Gasteiger partial charge in [0, 0.05) is 24.8 Å². The molecule has 0 bridgehead atoms. The number of rotatable bonds is 3. The van der Waals surface area contributed by atoms with E-state index in [1.54, 1.807) is 36.9 Å². The van der Waals surface area contributed by atoms with Crippen LogP contribution in [0.2, 0.25) is 0 Å². The molecule has 0 N–H and O–H groups in total. The molecule has 4 nitrogen and oxygen atoms in total. The van der Waals surface area contributed by atoms with Crippen molar-refractivity contribution in [1.29, 1.82) is 0 Å². The summed E-state index contributed by atoms with van der Waals surface area (Å²) in [6.07, 6.45) is 6.60. The van der Waals surface area contributed by atoms with Crippen LogP contribution in [0.15, 0.2) is 49.1 Å². The fraction of sp³-hybridized carbons (Fsp3) is 0.0833. The zero-order valence-electron chi connectivity index (χ0n) is 8.95. The van der Waals surface area contributed by atoms with Crippen molar-refractivity contribution < 1.29 is 4.79 Å². The van der Waals surface area contributed by atoms with E-state index in [1.807, 2.05) is 12.1 Å². The first-order valence-electron chi connectivity index (χ1n) is 5.04. The Bertz CT molecular complexity index is 490. The van der Waals surface area contributed by atoms with Gasteiger partial charge in [-0.25, -0.2) is 0 Å². The molecule has 86 valence electrons. The molecule has 0 aliphatic heterocycles. The van der Waals surface area contributed by atoms with E-state index in [-0.39, 0.29) is 5.91 Å². The lowest BCUT2D eigenvalue weighted by atomic mass is 10.2. The molecule has 0 unspecified atom stereocenters. The van der Waals surface area contributed by atoms with Crippen LogP contribution in [-0.2, 0) is 6.54 Å². The van der Waals surface area contributed by atoms with Gasteiger partial charge in [-0.2, -0.15) is 0 Å². The first-order chi connectivity index (χ1) is 8.27. The molecule has 0 saturated carbocycles. The van der Waals surface area contributed by atoms with E-state index in [2.05, 4.69) is 26.1 Å². The number of aromatic nitrogens is 2. The summed E-state index contributed by atoms with van der Waals surface area (Å²) in [5.74, 6) is -0.123. The van der Waals surface area contributed by atoms with E-state index in [9.17, 15) is 4.79 Å². The summed E-state index contributed by atoms with van der Waals surface area (Å²) in [6.45, 7) is 0.460. The van der Waals surface area contributed by atoms with Crippen LogP contribution in [0.25, 0.3) is 0 Å². The second-order valence-electron chi connectivity index (χ2n) is 3.43. The van der Waals surface area contributed by atoms with Gasteiger partial charge in [-0.3, -0.25) is 18.7 Å². The molecule has 0 fully saturated rings. The van der Waals surface area contributed by atoms with Crippen molar-refractivity contribution in [3.63, 3.8) is 0 Å². The van der Waals surface area contributed by atoms with Crippen LogP contribution >= 0.6 is 16.1 Å². The second kappa shape index (κ2) is 5.54. The molecule has 0 radical (unpaired) electrons. The number of pyridine rings is 2. The van der Waals surface area contributed by atoms with Gasteiger partial charge < -0.3 is 0 Å². The maximum atomic E-state index is 12.0. The number of hydrogen-bond acceptors (Lipinski definition) is 3. The quantitative estimate of drug-likeness (QED) is 0.816. The van der Waals surface area contributed by atoms with Gasteiger partial charge in [0.05, 0.1) is 28.3 Å². The number of halogens is 1. The Balaban J connectivity index is 2.06. The van der Waals surface area contributed by atoms with Gasteiger partial charge in [-0.1, -0.05) is 6.07 Å². The van der Waals surface area contributed by atoms with E-state index < -0.39 is 0 Å². The molecule has 2 rings (SSSR count). The van der Waals surface area contributed by atoms with Crippen molar-refractivity contribution >= 4 is 22.1 Å². The van der Waals surface area contributed by atoms with Crippen molar-refractivity contribution in [2.24, 2.45) is 0 Å². The molecule has 0 aliphatic rings. The Morgan fingerprint density at radius 2 is 1.88 bits per heavy atom. The van der Waals surface area contributed by atoms with Crippen molar-refractivity contribution in [1.82, 2.24) is 13.9 Å². The SMILES string of the molecule is O=C(c1cccnc1)N(Br)Cc1cccnc1. The predicted molar refractivity (Wildman–Crippen MR) is 67.3 cm³/mol. The van der Waals surface area contributed by atoms with E-state index in [4.69, 9.17) is 0 Å². The normalized spacial score (nSPS) is 9.94. The molecule has 1 amide bonds. The standard InChI is InChI=1S/C12H10BrN3O/c13-16(9-10-3-1-5-14-7-10)12(17)11-4-2-6-15-8-11/h1-8H,9H2. The second-order valence-corrected chi connectivity index (χ2v) is 4.28. The number of carbonyl (C=O) groups excluding carboxylic acids is 1. The topological polar surface area (TPSA) is 46.1 Å². The Morgan fingerprint density at radius 1 is 1.18 bits per heavy atom. The van der Waals surface area contributed by atoms with E-state index in [0.29, 0.717) is 12.1 Å². The Kier molecular flexibility index (Phi) is 3.82. The largest absolute Gasteiger partial charge is 0.270 e. The zero-order chi connectivity index (χ0) is 12.1. The van der Waals surface area contributed by atoms with Gasteiger partial charge in [0.15, 0.2) is 0 Å². The summed E-state index contributed by atoms with van der Waals surface area (Å²) in [4.78, 5) is 19.9. The molecule has 0 atom stereocenters. The summed E-state index contributed by atoms with van der Waals surface area (Å²) in [5, 5.41) is 0. The number of carbonyl (C=O) groups is 1. The third-order valence-corrected chi connectivity index (χ3v) is 2.75. The summed E-state index contributed by atoms with van der Waals surface area (Å²) >= 11 is 3.24. The van der Waals surface area contributed by atoms with Crippen molar-refractivity contribution in [2.75, 3.05) is 0 Å². The van der Waals surface area contributed by atoms with Gasteiger partial charge in [0.2, 0.25) is 0 Å². The van der Waals surface area contributed by atoms with Crippen LogP contribution in [-0.4, -0.2) is 19.8 Å². The number of hydrogen-bond donors (Lipinski definition) is 0. The Labute approximate surface area is 108 Å². The third-order valence-electron chi connectivity index (χ3n) is 2.17. The minimum Gasteiger partial charge on any atom is -0.270 e. The molecule has 17 heavy (non-hydrogen) atoms. The maximum absolute atomic E-state index is 12.0. The average molecular weight is 292 g/mol. The van der Waals surface area contributed by atoms with Gasteiger partial charge in [-0.15, -0.1) is 0 Å². The summed E-state index contributed by atoms with van der Waals surface area (Å²) in [7, 11) is 0. The smallest absolute Gasteiger partial charge is 0.265 e. The van der Waals surface area contributed by atoms with Crippen LogP contribution in [0.3, 0.4) is 0 Å². The highest BCUT2D eigenvalue weighted by Gasteiger charge is 2.13. The van der Waals surface area contributed by atoms with Crippen molar-refractivity contribution in [3.8, 4) is 0 Å². The number of amides is 1. The first kappa shape index (κ1) is 11.7. The summed E-state index contributed by atoms with van der Waals surface area (Å²) in [5.41, 5.74) is 1.51. The summed E-state index contributed by atoms with van der Waals surface area (Å²) < 4.78 is 1.46. The van der Waals surface area contributed by atoms with Crippen molar-refractivity contribution in [3.05, 3.63) is 60.2 Å². The highest BCUT2D eigenvalue weighted by Crippen LogP contribution is 2.12. The average Bonchev–Trinajstić information content (AvgIpc) is 2.40. The Morgan fingerprint density at radius 3 is 2.47 bits per heavy atom. The van der Waals surface area contributed by atoms with E-state index >= 15 is 0 Å². The molecule has 2 aromatic rings.